The average Bonchev–Trinajstić information content (AvgIpc) is 2.91. The largest absolute Gasteiger partial charge is 0.488 e. The molecule has 0 aliphatic carbocycles. The highest BCUT2D eigenvalue weighted by Crippen LogP contribution is 2.25. The van der Waals surface area contributed by atoms with Gasteiger partial charge in [0.2, 0.25) is 0 Å². The molecule has 3 aromatic rings. The molecule has 1 aliphatic heterocycles. The second-order valence-corrected chi connectivity index (χ2v) is 7.43. The van der Waals surface area contributed by atoms with Crippen LogP contribution in [0.5, 0.6) is 5.75 Å². The maximum Gasteiger partial charge on any atom is 0.127 e. The lowest BCUT2D eigenvalue weighted by Crippen LogP contribution is -2.20. The Hall–Kier alpha value is -2.46. The lowest BCUT2D eigenvalue weighted by atomic mass is 10.1. The molecule has 0 saturated carbocycles. The Kier molecular flexibility index (Phi) is 9.44. The van der Waals surface area contributed by atoms with Crippen molar-refractivity contribution in [1.29, 1.82) is 0 Å². The monoisotopic (exact) mass is 474 g/mol. The summed E-state index contributed by atoms with van der Waals surface area (Å²) in [6, 6.07) is 24.2. The maximum absolute atomic E-state index is 6.07. The highest BCUT2D eigenvalue weighted by atomic mass is 35.5. The van der Waals surface area contributed by atoms with E-state index in [1.54, 1.807) is 0 Å². The van der Waals surface area contributed by atoms with Gasteiger partial charge in [-0.15, -0.1) is 24.8 Å². The fourth-order valence-electron chi connectivity index (χ4n) is 3.35. The number of allylic oxidation sites excluding steroid dienone is 1. The first-order valence-corrected chi connectivity index (χ1v) is 10.1. The Balaban J connectivity index is 0.00000171. The minimum absolute atomic E-state index is 0. The van der Waals surface area contributed by atoms with Crippen molar-refractivity contribution in [2.24, 2.45) is 4.99 Å². The molecule has 0 spiro atoms. The number of anilines is 1. The number of nitrogens with zero attached hydrogens (tertiary/aromatic N) is 2. The molecule has 0 radical (unpaired) electrons. The molecule has 162 valence electrons. The summed E-state index contributed by atoms with van der Waals surface area (Å²) in [5.74, 6) is 0.846. The summed E-state index contributed by atoms with van der Waals surface area (Å²) in [5.41, 5.74) is 5.47. The molecule has 0 fully saturated rings. The van der Waals surface area contributed by atoms with Crippen LogP contribution in [0.3, 0.4) is 0 Å². The number of para-hydroxylation sites is 2. The fourth-order valence-corrected chi connectivity index (χ4v) is 3.48. The Labute approximate surface area is 201 Å². The summed E-state index contributed by atoms with van der Waals surface area (Å²) in [5, 5.41) is 0.729. The van der Waals surface area contributed by atoms with E-state index in [0.29, 0.717) is 6.61 Å². The van der Waals surface area contributed by atoms with Crippen LogP contribution in [0.15, 0.2) is 83.9 Å². The van der Waals surface area contributed by atoms with Gasteiger partial charge in [0, 0.05) is 35.4 Å². The molecular formula is C25H25Cl3N2O. The molecule has 4 rings (SSSR count). The topological polar surface area (TPSA) is 24.8 Å². The van der Waals surface area contributed by atoms with Crippen LogP contribution in [0.25, 0.3) is 6.08 Å². The van der Waals surface area contributed by atoms with E-state index in [1.165, 1.54) is 5.69 Å². The normalized spacial score (nSPS) is 12.8. The van der Waals surface area contributed by atoms with E-state index >= 15 is 0 Å². The van der Waals surface area contributed by atoms with E-state index in [-0.39, 0.29) is 24.8 Å². The van der Waals surface area contributed by atoms with Crippen LogP contribution < -0.4 is 9.64 Å². The van der Waals surface area contributed by atoms with Gasteiger partial charge in [-0.2, -0.15) is 0 Å². The van der Waals surface area contributed by atoms with Crippen molar-refractivity contribution in [2.45, 2.75) is 6.61 Å². The quantitative estimate of drug-likeness (QED) is 0.409. The van der Waals surface area contributed by atoms with E-state index < -0.39 is 0 Å². The summed E-state index contributed by atoms with van der Waals surface area (Å²) in [4.78, 5) is 7.05. The molecule has 3 aromatic carbocycles. The summed E-state index contributed by atoms with van der Waals surface area (Å²) in [6.07, 6.45) is 4.17. The average molecular weight is 476 g/mol. The zero-order valence-electron chi connectivity index (χ0n) is 17.2. The van der Waals surface area contributed by atoms with Gasteiger partial charge in [-0.3, -0.25) is 4.99 Å². The fraction of sp³-hybridized carbons (Fsp3) is 0.160. The van der Waals surface area contributed by atoms with Gasteiger partial charge in [0.05, 0.1) is 12.3 Å². The second-order valence-electron chi connectivity index (χ2n) is 6.99. The van der Waals surface area contributed by atoms with Gasteiger partial charge in [0.1, 0.15) is 12.4 Å². The number of hydrogen-bond acceptors (Lipinski definition) is 3. The second kappa shape index (κ2) is 11.8. The van der Waals surface area contributed by atoms with Crippen LogP contribution in [0, 0.1) is 0 Å². The molecule has 0 N–H and O–H groups in total. The summed E-state index contributed by atoms with van der Waals surface area (Å²) >= 11 is 5.96. The highest BCUT2D eigenvalue weighted by Gasteiger charge is 2.13. The van der Waals surface area contributed by atoms with Gasteiger partial charge in [0.25, 0.3) is 0 Å². The summed E-state index contributed by atoms with van der Waals surface area (Å²) < 4.78 is 6.07. The van der Waals surface area contributed by atoms with Gasteiger partial charge in [0.15, 0.2) is 0 Å². The summed E-state index contributed by atoms with van der Waals surface area (Å²) in [6.45, 7) is 2.19. The molecule has 1 aliphatic rings. The predicted molar refractivity (Wildman–Crippen MR) is 137 cm³/mol. The molecular weight excluding hydrogens is 451 g/mol. The number of aliphatic imine (C=N–C) groups is 1. The summed E-state index contributed by atoms with van der Waals surface area (Å²) in [7, 11) is 2.11. The number of likely N-dealkylation sites (N-methyl/N-ethyl adjacent to an activating group) is 1. The van der Waals surface area contributed by atoms with E-state index in [0.717, 1.165) is 46.3 Å². The molecule has 0 aromatic heterocycles. The molecule has 0 atom stereocenters. The standard InChI is InChI=1S/C25H23ClN2O.2ClH/c1-28-17-16-27-23(22-7-3-4-8-24(22)28)15-12-20-6-2-5-9-25(20)29-18-19-10-13-21(26)14-11-19;;/h2-15H,16-18H2,1H3;2*1H/b15-12+;;. The number of benzene rings is 3. The molecule has 0 amide bonds. The number of rotatable bonds is 5. The van der Waals surface area contributed by atoms with Crippen LogP contribution in [-0.4, -0.2) is 25.8 Å². The maximum atomic E-state index is 6.07. The highest BCUT2D eigenvalue weighted by molar-refractivity contribution is 6.30. The minimum atomic E-state index is 0. The Morgan fingerprint density at radius 1 is 0.935 bits per heavy atom. The van der Waals surface area contributed by atoms with Crippen LogP contribution in [0.4, 0.5) is 5.69 Å². The smallest absolute Gasteiger partial charge is 0.127 e. The van der Waals surface area contributed by atoms with Gasteiger partial charge in [-0.1, -0.05) is 60.1 Å². The van der Waals surface area contributed by atoms with Crippen molar-refractivity contribution < 1.29 is 4.74 Å². The van der Waals surface area contributed by atoms with E-state index in [1.807, 2.05) is 42.5 Å². The molecule has 3 nitrogen and oxygen atoms in total. The van der Waals surface area contributed by atoms with Crippen LogP contribution in [-0.2, 0) is 6.61 Å². The van der Waals surface area contributed by atoms with Gasteiger partial charge < -0.3 is 9.64 Å². The van der Waals surface area contributed by atoms with Crippen molar-refractivity contribution in [1.82, 2.24) is 0 Å². The minimum Gasteiger partial charge on any atom is -0.488 e. The third-order valence-electron chi connectivity index (χ3n) is 4.96. The van der Waals surface area contributed by atoms with Crippen LogP contribution >= 0.6 is 36.4 Å². The van der Waals surface area contributed by atoms with Crippen molar-refractivity contribution in [2.75, 3.05) is 25.0 Å². The first-order valence-electron chi connectivity index (χ1n) is 9.70. The third-order valence-corrected chi connectivity index (χ3v) is 5.21. The van der Waals surface area contributed by atoms with Gasteiger partial charge in [-0.25, -0.2) is 0 Å². The predicted octanol–water partition coefficient (Wildman–Crippen LogP) is 6.71. The number of hydrogen-bond donors (Lipinski definition) is 0. The molecule has 1 heterocycles. The molecule has 31 heavy (non-hydrogen) atoms. The lowest BCUT2D eigenvalue weighted by Gasteiger charge is -2.18. The Bertz CT molecular complexity index is 1050. The van der Waals surface area contributed by atoms with Crippen molar-refractivity contribution in [3.05, 3.63) is 101 Å². The number of benzodiazepines with no additional fused rings is 1. The molecule has 0 bridgehead atoms. The SMILES string of the molecule is CN1CCN=C(/C=C/c2ccccc2OCc2ccc(Cl)cc2)c2ccccc21.Cl.Cl. The Morgan fingerprint density at radius 2 is 1.65 bits per heavy atom. The first-order chi connectivity index (χ1) is 14.2. The van der Waals surface area contributed by atoms with Gasteiger partial charge in [-0.05, 0) is 42.0 Å². The van der Waals surface area contributed by atoms with Crippen LogP contribution in [0.2, 0.25) is 5.02 Å². The van der Waals surface area contributed by atoms with E-state index in [4.69, 9.17) is 21.3 Å². The van der Waals surface area contributed by atoms with Crippen molar-refractivity contribution in [3.63, 3.8) is 0 Å². The number of halogens is 3. The zero-order valence-corrected chi connectivity index (χ0v) is 19.6. The third kappa shape index (κ3) is 6.27. The zero-order chi connectivity index (χ0) is 20.1. The van der Waals surface area contributed by atoms with E-state index in [9.17, 15) is 0 Å². The first kappa shape index (κ1) is 24.8. The van der Waals surface area contributed by atoms with Crippen molar-refractivity contribution in [3.8, 4) is 5.75 Å². The lowest BCUT2D eigenvalue weighted by molar-refractivity contribution is 0.305. The Morgan fingerprint density at radius 3 is 2.45 bits per heavy atom. The van der Waals surface area contributed by atoms with Crippen LogP contribution in [0.1, 0.15) is 16.7 Å². The van der Waals surface area contributed by atoms with E-state index in [2.05, 4.69) is 54.4 Å². The van der Waals surface area contributed by atoms with Crippen molar-refractivity contribution >= 4 is 53.9 Å². The van der Waals surface area contributed by atoms with Gasteiger partial charge >= 0.3 is 0 Å². The number of ether oxygens (including phenoxy) is 1. The molecule has 6 heteroatoms. The molecule has 0 saturated heterocycles. The molecule has 0 unspecified atom stereocenters. The number of fused-ring (bicyclic) bond motifs is 1.